The molecule has 4 heteroatoms. The van der Waals surface area contributed by atoms with E-state index in [-0.39, 0.29) is 0 Å². The Labute approximate surface area is 172 Å². The summed E-state index contributed by atoms with van der Waals surface area (Å²) in [6.45, 7) is 9.13. The summed E-state index contributed by atoms with van der Waals surface area (Å²) in [4.78, 5) is 13.1. The number of fused-ring (bicyclic) bond motifs is 1. The minimum absolute atomic E-state index is 0.379. The van der Waals surface area contributed by atoms with E-state index in [2.05, 4.69) is 13.0 Å². The number of rotatable bonds is 8. The molecule has 0 N–H and O–H groups in total. The summed E-state index contributed by atoms with van der Waals surface area (Å²) in [5, 5.41) is 1.80. The molecule has 0 aliphatic heterocycles. The first-order valence-corrected chi connectivity index (χ1v) is 10.2. The molecular weight excluding hydrogens is 364 g/mol. The summed E-state index contributed by atoms with van der Waals surface area (Å²) in [6, 6.07) is 15.3. The van der Waals surface area contributed by atoms with Crippen LogP contribution in [0.5, 0.6) is 17.2 Å². The quantitative estimate of drug-likeness (QED) is 0.335. The number of ether oxygens (including phenoxy) is 3. The number of carbonyl (C=O) groups is 1. The van der Waals surface area contributed by atoms with Crippen LogP contribution in [0.25, 0.3) is 10.8 Å². The van der Waals surface area contributed by atoms with Gasteiger partial charge in [-0.1, -0.05) is 49.7 Å². The summed E-state index contributed by atoms with van der Waals surface area (Å²) >= 11 is 0. The Morgan fingerprint density at radius 1 is 0.828 bits per heavy atom. The third-order valence-corrected chi connectivity index (χ3v) is 4.63. The van der Waals surface area contributed by atoms with Crippen LogP contribution in [0.3, 0.4) is 0 Å². The van der Waals surface area contributed by atoms with Crippen LogP contribution in [0.15, 0.2) is 48.5 Å². The molecule has 0 unspecified atom stereocenters. The number of esters is 1. The van der Waals surface area contributed by atoms with Gasteiger partial charge in [-0.05, 0) is 50.5 Å². The number of hydrogen-bond acceptors (Lipinski definition) is 4. The van der Waals surface area contributed by atoms with E-state index in [4.69, 9.17) is 14.2 Å². The molecule has 4 nitrogen and oxygen atoms in total. The second-order valence-electron chi connectivity index (χ2n) is 7.15. The summed E-state index contributed by atoms with van der Waals surface area (Å²) < 4.78 is 17.7. The first-order valence-electron chi connectivity index (χ1n) is 10.2. The Morgan fingerprint density at radius 3 is 2.28 bits per heavy atom. The molecule has 0 heterocycles. The fourth-order valence-electron chi connectivity index (χ4n) is 3.15. The van der Waals surface area contributed by atoms with Crippen molar-refractivity contribution in [3.8, 4) is 17.2 Å². The third kappa shape index (κ3) is 4.70. The molecule has 3 aromatic carbocycles. The summed E-state index contributed by atoms with van der Waals surface area (Å²) in [5.41, 5.74) is 2.40. The molecule has 0 radical (unpaired) electrons. The highest BCUT2D eigenvalue weighted by Gasteiger charge is 2.22. The van der Waals surface area contributed by atoms with Gasteiger partial charge in [0.05, 0.1) is 13.2 Å². The topological polar surface area (TPSA) is 44.8 Å². The van der Waals surface area contributed by atoms with Crippen molar-refractivity contribution >= 4 is 16.7 Å². The molecule has 0 aromatic heterocycles. The second-order valence-corrected chi connectivity index (χ2v) is 7.15. The molecule has 29 heavy (non-hydrogen) atoms. The Bertz CT molecular complexity index is 1010. The van der Waals surface area contributed by atoms with Crippen molar-refractivity contribution in [3.63, 3.8) is 0 Å². The molecule has 0 aliphatic rings. The molecule has 0 saturated heterocycles. The third-order valence-electron chi connectivity index (χ3n) is 4.63. The first-order chi connectivity index (χ1) is 14.0. The van der Waals surface area contributed by atoms with Crippen molar-refractivity contribution in [2.24, 2.45) is 0 Å². The summed E-state index contributed by atoms with van der Waals surface area (Å²) in [5.74, 6) is 1.31. The molecule has 0 spiro atoms. The van der Waals surface area contributed by atoms with Gasteiger partial charge in [-0.25, -0.2) is 4.79 Å². The van der Waals surface area contributed by atoms with Crippen LogP contribution in [-0.4, -0.2) is 19.2 Å². The minimum atomic E-state index is -0.450. The Hall–Kier alpha value is -3.01. The van der Waals surface area contributed by atoms with E-state index in [0.29, 0.717) is 36.0 Å². The van der Waals surface area contributed by atoms with E-state index < -0.39 is 5.97 Å². The largest absolute Gasteiger partial charge is 0.493 e. The molecule has 0 fully saturated rings. The summed E-state index contributed by atoms with van der Waals surface area (Å²) in [6.07, 6.45) is 1.72. The van der Waals surface area contributed by atoms with Crippen LogP contribution in [-0.2, 0) is 0 Å². The molecule has 0 bridgehead atoms. The van der Waals surface area contributed by atoms with Gasteiger partial charge in [-0.15, -0.1) is 0 Å². The standard InChI is InChI=1S/C25H28O4/c1-5-13-27-23-16-21(25(26)29-22-10-8-7-9-18(22)4)24(28-14-6-2)19-12-11-17(3)15-20(19)23/h7-12,15-16H,5-6,13-14H2,1-4H3. The van der Waals surface area contributed by atoms with Gasteiger partial charge in [0.1, 0.15) is 22.8 Å². The molecular formula is C25H28O4. The zero-order valence-corrected chi connectivity index (χ0v) is 17.6. The molecule has 152 valence electrons. The van der Waals surface area contributed by atoms with Crippen LogP contribution < -0.4 is 14.2 Å². The van der Waals surface area contributed by atoms with Gasteiger partial charge >= 0.3 is 5.97 Å². The fraction of sp³-hybridized carbons (Fsp3) is 0.320. The van der Waals surface area contributed by atoms with Gasteiger partial charge in [-0.3, -0.25) is 0 Å². The first kappa shape index (κ1) is 20.7. The van der Waals surface area contributed by atoms with Crippen molar-refractivity contribution in [2.75, 3.05) is 13.2 Å². The average molecular weight is 392 g/mol. The van der Waals surface area contributed by atoms with Gasteiger partial charge in [0, 0.05) is 10.8 Å². The van der Waals surface area contributed by atoms with E-state index >= 15 is 0 Å². The maximum atomic E-state index is 13.1. The average Bonchev–Trinajstić information content (AvgIpc) is 2.72. The van der Waals surface area contributed by atoms with Crippen molar-refractivity contribution in [3.05, 3.63) is 65.2 Å². The monoisotopic (exact) mass is 392 g/mol. The number of hydrogen-bond donors (Lipinski definition) is 0. The van der Waals surface area contributed by atoms with Gasteiger partial charge in [0.2, 0.25) is 0 Å². The van der Waals surface area contributed by atoms with Gasteiger partial charge in [0.25, 0.3) is 0 Å². The highest BCUT2D eigenvalue weighted by molar-refractivity contribution is 6.05. The van der Waals surface area contributed by atoms with Crippen molar-refractivity contribution < 1.29 is 19.0 Å². The molecule has 3 rings (SSSR count). The lowest BCUT2D eigenvalue weighted by Crippen LogP contribution is -2.13. The second kappa shape index (κ2) is 9.46. The van der Waals surface area contributed by atoms with Gasteiger partial charge in [-0.2, -0.15) is 0 Å². The van der Waals surface area contributed by atoms with E-state index in [1.807, 2.05) is 51.1 Å². The Balaban J connectivity index is 2.13. The Kier molecular flexibility index (Phi) is 6.76. The lowest BCUT2D eigenvalue weighted by atomic mass is 10.0. The normalized spacial score (nSPS) is 10.8. The van der Waals surface area contributed by atoms with Crippen molar-refractivity contribution in [1.82, 2.24) is 0 Å². The zero-order valence-electron chi connectivity index (χ0n) is 17.6. The molecule has 0 amide bonds. The minimum Gasteiger partial charge on any atom is -0.493 e. The maximum Gasteiger partial charge on any atom is 0.347 e. The van der Waals surface area contributed by atoms with Crippen molar-refractivity contribution in [2.45, 2.75) is 40.5 Å². The fourth-order valence-corrected chi connectivity index (χ4v) is 3.15. The molecule has 0 aliphatic carbocycles. The van der Waals surface area contributed by atoms with Crippen LogP contribution in [0.4, 0.5) is 0 Å². The predicted octanol–water partition coefficient (Wildman–Crippen LogP) is 6.25. The number of aryl methyl sites for hydroxylation is 2. The highest BCUT2D eigenvalue weighted by Crippen LogP contribution is 2.38. The van der Waals surface area contributed by atoms with Crippen LogP contribution in [0.1, 0.15) is 48.2 Å². The van der Waals surface area contributed by atoms with E-state index in [1.54, 1.807) is 12.1 Å². The zero-order chi connectivity index (χ0) is 20.8. The number of para-hydroxylation sites is 1. The maximum absolute atomic E-state index is 13.1. The van der Waals surface area contributed by atoms with Crippen LogP contribution in [0.2, 0.25) is 0 Å². The van der Waals surface area contributed by atoms with E-state index in [0.717, 1.165) is 34.7 Å². The van der Waals surface area contributed by atoms with E-state index in [1.165, 1.54) is 0 Å². The molecule has 0 saturated carbocycles. The number of carbonyl (C=O) groups excluding carboxylic acids is 1. The number of benzene rings is 3. The Morgan fingerprint density at radius 2 is 1.55 bits per heavy atom. The van der Waals surface area contributed by atoms with E-state index in [9.17, 15) is 4.79 Å². The summed E-state index contributed by atoms with van der Waals surface area (Å²) in [7, 11) is 0. The van der Waals surface area contributed by atoms with Gasteiger partial charge in [0.15, 0.2) is 0 Å². The lowest BCUT2D eigenvalue weighted by Gasteiger charge is -2.18. The predicted molar refractivity (Wildman–Crippen MR) is 116 cm³/mol. The smallest absolute Gasteiger partial charge is 0.347 e. The highest BCUT2D eigenvalue weighted by atomic mass is 16.5. The van der Waals surface area contributed by atoms with Crippen LogP contribution >= 0.6 is 0 Å². The van der Waals surface area contributed by atoms with Crippen LogP contribution in [0, 0.1) is 13.8 Å². The van der Waals surface area contributed by atoms with Gasteiger partial charge < -0.3 is 14.2 Å². The lowest BCUT2D eigenvalue weighted by molar-refractivity contribution is 0.0729. The SMILES string of the molecule is CCCOc1cc(C(=O)Oc2ccccc2C)c(OCCC)c2ccc(C)cc12. The molecule has 0 atom stereocenters. The molecule has 3 aromatic rings. The van der Waals surface area contributed by atoms with Crippen molar-refractivity contribution in [1.29, 1.82) is 0 Å².